The van der Waals surface area contributed by atoms with E-state index in [1.807, 2.05) is 13.0 Å². The number of hydrogen-bond donors (Lipinski definition) is 2. The van der Waals surface area contributed by atoms with Crippen molar-refractivity contribution in [2.75, 3.05) is 18.5 Å². The van der Waals surface area contributed by atoms with Crippen LogP contribution in [0.15, 0.2) is 46.9 Å². The Morgan fingerprint density at radius 3 is 2.52 bits per heavy atom. The smallest absolute Gasteiger partial charge is 0.416 e. The summed E-state index contributed by atoms with van der Waals surface area (Å²) >= 11 is 3.32. The number of amides is 2. The average molecular weight is 445 g/mol. The first kappa shape index (κ1) is 20.8. The summed E-state index contributed by atoms with van der Waals surface area (Å²) in [6.45, 7) is 1.02. The van der Waals surface area contributed by atoms with Gasteiger partial charge in [-0.15, -0.1) is 0 Å². The Hall–Kier alpha value is -2.55. The number of aryl methyl sites for hydroxylation is 1. The molecule has 2 aromatic carbocycles. The van der Waals surface area contributed by atoms with E-state index in [1.165, 1.54) is 12.1 Å². The predicted octanol–water partition coefficient (Wildman–Crippen LogP) is 3.91. The lowest BCUT2D eigenvalue weighted by molar-refractivity contribution is -0.137. The lowest BCUT2D eigenvalue weighted by Gasteiger charge is -2.11. The van der Waals surface area contributed by atoms with Crippen LogP contribution in [0.3, 0.4) is 0 Å². The summed E-state index contributed by atoms with van der Waals surface area (Å²) in [5.41, 5.74) is 0.583. The van der Waals surface area contributed by atoms with Crippen molar-refractivity contribution in [3.05, 3.63) is 58.1 Å². The normalized spacial score (nSPS) is 11.0. The third kappa shape index (κ3) is 6.59. The lowest BCUT2D eigenvalue weighted by atomic mass is 10.2. The molecule has 0 spiro atoms. The molecule has 144 valence electrons. The first-order valence-corrected chi connectivity index (χ1v) is 8.57. The minimum absolute atomic E-state index is 0.0880. The maximum absolute atomic E-state index is 12.6. The summed E-state index contributed by atoms with van der Waals surface area (Å²) < 4.78 is 43.8. The van der Waals surface area contributed by atoms with E-state index in [2.05, 4.69) is 26.6 Å². The van der Waals surface area contributed by atoms with Crippen molar-refractivity contribution >= 4 is 33.4 Å². The van der Waals surface area contributed by atoms with Crippen LogP contribution in [0.4, 0.5) is 18.9 Å². The van der Waals surface area contributed by atoms with Crippen molar-refractivity contribution < 1.29 is 27.5 Å². The van der Waals surface area contributed by atoms with Crippen LogP contribution in [0.1, 0.15) is 11.1 Å². The van der Waals surface area contributed by atoms with Gasteiger partial charge in [0.1, 0.15) is 5.75 Å². The van der Waals surface area contributed by atoms with E-state index in [4.69, 9.17) is 4.74 Å². The second kappa shape index (κ2) is 8.90. The molecule has 5 nitrogen and oxygen atoms in total. The summed E-state index contributed by atoms with van der Waals surface area (Å²) in [4.78, 5) is 23.6. The van der Waals surface area contributed by atoms with Crippen molar-refractivity contribution in [1.82, 2.24) is 5.32 Å². The Bertz CT molecular complexity index is 841. The Morgan fingerprint density at radius 1 is 1.11 bits per heavy atom. The highest BCUT2D eigenvalue weighted by Crippen LogP contribution is 2.31. The van der Waals surface area contributed by atoms with Gasteiger partial charge >= 0.3 is 6.18 Å². The van der Waals surface area contributed by atoms with Crippen LogP contribution >= 0.6 is 15.9 Å². The van der Waals surface area contributed by atoms with E-state index in [-0.39, 0.29) is 12.3 Å². The highest BCUT2D eigenvalue weighted by Gasteiger charge is 2.30. The van der Waals surface area contributed by atoms with Gasteiger partial charge in [0.25, 0.3) is 5.91 Å². The zero-order valence-electron chi connectivity index (χ0n) is 14.2. The first-order chi connectivity index (χ1) is 12.6. The maximum atomic E-state index is 12.6. The van der Waals surface area contributed by atoms with E-state index in [0.717, 1.165) is 22.2 Å². The summed E-state index contributed by atoms with van der Waals surface area (Å²) in [5.74, 6) is -1.15. The van der Waals surface area contributed by atoms with Gasteiger partial charge in [-0.3, -0.25) is 9.59 Å². The number of rotatable bonds is 6. The van der Waals surface area contributed by atoms with Gasteiger partial charge in [0.05, 0.1) is 12.1 Å². The number of anilines is 1. The quantitative estimate of drug-likeness (QED) is 0.709. The van der Waals surface area contributed by atoms with Gasteiger partial charge in [-0.25, -0.2) is 0 Å². The zero-order valence-corrected chi connectivity index (χ0v) is 15.8. The lowest BCUT2D eigenvalue weighted by Crippen LogP contribution is -2.35. The molecule has 0 aliphatic carbocycles. The predicted molar refractivity (Wildman–Crippen MR) is 97.5 cm³/mol. The molecule has 0 saturated heterocycles. The van der Waals surface area contributed by atoms with E-state index < -0.39 is 30.2 Å². The highest BCUT2D eigenvalue weighted by molar-refractivity contribution is 9.10. The Labute approximate surface area is 162 Å². The van der Waals surface area contributed by atoms with Crippen LogP contribution < -0.4 is 15.4 Å². The van der Waals surface area contributed by atoms with Crippen LogP contribution in [0, 0.1) is 6.92 Å². The number of carbonyl (C=O) groups excluding carboxylic acids is 2. The van der Waals surface area contributed by atoms with Gasteiger partial charge in [-0.2, -0.15) is 13.2 Å². The zero-order chi connectivity index (χ0) is 20.0. The van der Waals surface area contributed by atoms with Crippen LogP contribution in [-0.4, -0.2) is 25.0 Å². The Balaban J connectivity index is 1.80. The molecule has 2 N–H and O–H groups in total. The van der Waals surface area contributed by atoms with Crippen molar-refractivity contribution in [3.63, 3.8) is 0 Å². The molecule has 0 heterocycles. The minimum Gasteiger partial charge on any atom is -0.484 e. The number of hydrogen-bond acceptors (Lipinski definition) is 3. The summed E-state index contributed by atoms with van der Waals surface area (Å²) in [7, 11) is 0. The number of halogens is 4. The standard InChI is InChI=1S/C18H16BrF3N2O3/c1-11-7-13(19)5-6-15(11)24-16(25)9-23-17(26)10-27-14-4-2-3-12(8-14)18(20,21)22/h2-8H,9-10H2,1H3,(H,23,26)(H,24,25). The molecule has 0 aromatic heterocycles. The molecule has 0 radical (unpaired) electrons. The fourth-order valence-corrected chi connectivity index (χ4v) is 2.58. The summed E-state index contributed by atoms with van der Waals surface area (Å²) in [6.07, 6.45) is -4.50. The minimum atomic E-state index is -4.50. The first-order valence-electron chi connectivity index (χ1n) is 7.78. The topological polar surface area (TPSA) is 67.4 Å². The third-order valence-corrected chi connectivity index (χ3v) is 3.93. The van der Waals surface area contributed by atoms with Crippen LogP contribution in [-0.2, 0) is 15.8 Å². The third-order valence-electron chi connectivity index (χ3n) is 3.44. The van der Waals surface area contributed by atoms with Crippen LogP contribution in [0.25, 0.3) is 0 Å². The van der Waals surface area contributed by atoms with E-state index >= 15 is 0 Å². The van der Waals surface area contributed by atoms with Crippen molar-refractivity contribution in [1.29, 1.82) is 0 Å². The fraction of sp³-hybridized carbons (Fsp3) is 0.222. The second-order valence-electron chi connectivity index (χ2n) is 5.60. The van der Waals surface area contributed by atoms with Crippen LogP contribution in [0.5, 0.6) is 5.75 Å². The van der Waals surface area contributed by atoms with E-state index in [9.17, 15) is 22.8 Å². The summed E-state index contributed by atoms with van der Waals surface area (Å²) in [6, 6.07) is 9.52. The number of benzene rings is 2. The number of alkyl halides is 3. The van der Waals surface area contributed by atoms with Gasteiger partial charge in [0.2, 0.25) is 5.91 Å². The molecule has 2 amide bonds. The van der Waals surface area contributed by atoms with Gasteiger partial charge in [0, 0.05) is 10.2 Å². The second-order valence-corrected chi connectivity index (χ2v) is 6.51. The van der Waals surface area contributed by atoms with Gasteiger partial charge < -0.3 is 15.4 Å². The highest BCUT2D eigenvalue weighted by atomic mass is 79.9. The molecular weight excluding hydrogens is 429 g/mol. The molecule has 0 fully saturated rings. The Kier molecular flexibility index (Phi) is 6.84. The van der Waals surface area contributed by atoms with Crippen molar-refractivity contribution in [3.8, 4) is 5.75 Å². The Morgan fingerprint density at radius 2 is 1.85 bits per heavy atom. The molecule has 2 rings (SSSR count). The van der Waals surface area contributed by atoms with E-state index in [0.29, 0.717) is 5.69 Å². The SMILES string of the molecule is Cc1cc(Br)ccc1NC(=O)CNC(=O)COc1cccc(C(F)(F)F)c1. The molecule has 0 saturated carbocycles. The molecule has 0 atom stereocenters. The molecular formula is C18H16BrF3N2O3. The molecule has 0 aliphatic rings. The fourth-order valence-electron chi connectivity index (χ4n) is 2.10. The average Bonchev–Trinajstić information content (AvgIpc) is 2.60. The van der Waals surface area contributed by atoms with Gasteiger partial charge in [0.15, 0.2) is 6.61 Å². The number of nitrogens with one attached hydrogen (secondary N) is 2. The van der Waals surface area contributed by atoms with Crippen molar-refractivity contribution in [2.45, 2.75) is 13.1 Å². The number of ether oxygens (including phenoxy) is 1. The summed E-state index contributed by atoms with van der Waals surface area (Å²) in [5, 5.41) is 4.99. The molecule has 2 aromatic rings. The molecule has 0 bridgehead atoms. The molecule has 0 unspecified atom stereocenters. The van der Waals surface area contributed by atoms with Crippen molar-refractivity contribution in [2.24, 2.45) is 0 Å². The van der Waals surface area contributed by atoms with Gasteiger partial charge in [-0.05, 0) is 48.9 Å². The van der Waals surface area contributed by atoms with Crippen LogP contribution in [0.2, 0.25) is 0 Å². The molecule has 9 heteroatoms. The number of carbonyl (C=O) groups is 2. The monoisotopic (exact) mass is 444 g/mol. The van der Waals surface area contributed by atoms with Gasteiger partial charge in [-0.1, -0.05) is 22.0 Å². The van der Waals surface area contributed by atoms with E-state index in [1.54, 1.807) is 12.1 Å². The largest absolute Gasteiger partial charge is 0.484 e. The molecule has 0 aliphatic heterocycles. The maximum Gasteiger partial charge on any atom is 0.416 e. The molecule has 27 heavy (non-hydrogen) atoms.